The zero-order chi connectivity index (χ0) is 25.1. The van der Waals surface area contributed by atoms with Gasteiger partial charge in [0.05, 0.1) is 20.3 Å². The van der Waals surface area contributed by atoms with Crippen molar-refractivity contribution in [2.75, 3.05) is 13.7 Å². The molecule has 0 amide bonds. The maximum absolute atomic E-state index is 12.9. The molecule has 0 atom stereocenters. The van der Waals surface area contributed by atoms with Crippen molar-refractivity contribution in [2.24, 2.45) is 0 Å². The number of phenols is 2. The summed E-state index contributed by atoms with van der Waals surface area (Å²) in [5.74, 6) is -1.19. The number of carbonyl (C=O) groups excluding carboxylic acids is 2. The van der Waals surface area contributed by atoms with Gasteiger partial charge < -0.3 is 29.9 Å². The Hall–Kier alpha value is -4.04. The molecule has 0 unspecified atom stereocenters. The van der Waals surface area contributed by atoms with Crippen LogP contribution in [0.4, 0.5) is 0 Å². The van der Waals surface area contributed by atoms with Crippen molar-refractivity contribution in [3.63, 3.8) is 0 Å². The van der Waals surface area contributed by atoms with Crippen molar-refractivity contribution >= 4 is 23.9 Å². The van der Waals surface area contributed by atoms with E-state index in [4.69, 9.17) is 9.47 Å². The Bertz CT molecular complexity index is 1110. The first-order valence-electron chi connectivity index (χ1n) is 10.6. The minimum absolute atomic E-state index is 0.00690. The summed E-state index contributed by atoms with van der Waals surface area (Å²) in [5, 5.41) is 39.3. The van der Waals surface area contributed by atoms with Crippen molar-refractivity contribution in [2.45, 2.75) is 26.4 Å². The fourth-order valence-corrected chi connectivity index (χ4v) is 3.02. The highest BCUT2D eigenvalue weighted by Gasteiger charge is 2.15. The van der Waals surface area contributed by atoms with Crippen LogP contribution < -0.4 is 4.74 Å². The molecule has 2 aromatic rings. The van der Waals surface area contributed by atoms with E-state index >= 15 is 0 Å². The number of rotatable bonds is 11. The molecular weight excluding hydrogens is 440 g/mol. The van der Waals surface area contributed by atoms with E-state index in [9.17, 15) is 30.0 Å². The third kappa shape index (κ3) is 7.53. The number of ketones is 1. The number of esters is 1. The van der Waals surface area contributed by atoms with Crippen LogP contribution in [0.3, 0.4) is 0 Å². The fraction of sp³-hybridized carbons (Fsp3) is 0.231. The largest absolute Gasteiger partial charge is 0.508 e. The normalized spacial score (nSPS) is 12.1. The molecule has 0 aliphatic heterocycles. The van der Waals surface area contributed by atoms with Gasteiger partial charge in [-0.1, -0.05) is 24.3 Å². The second kappa shape index (κ2) is 12.9. The minimum Gasteiger partial charge on any atom is -0.508 e. The number of methoxy groups -OCH3 is 1. The van der Waals surface area contributed by atoms with Gasteiger partial charge in [0, 0.05) is 17.6 Å². The molecule has 34 heavy (non-hydrogen) atoms. The summed E-state index contributed by atoms with van der Waals surface area (Å²) < 4.78 is 9.96. The second-order valence-electron chi connectivity index (χ2n) is 7.18. The Morgan fingerprint density at radius 2 is 1.59 bits per heavy atom. The Morgan fingerprint density at radius 3 is 2.24 bits per heavy atom. The van der Waals surface area contributed by atoms with Gasteiger partial charge in [0.1, 0.15) is 11.5 Å². The van der Waals surface area contributed by atoms with Crippen molar-refractivity contribution in [1.82, 2.24) is 0 Å². The first kappa shape index (κ1) is 26.2. The Labute approximate surface area is 197 Å². The van der Waals surface area contributed by atoms with E-state index in [1.165, 1.54) is 49.6 Å². The molecule has 2 rings (SSSR count). The van der Waals surface area contributed by atoms with E-state index in [1.807, 2.05) is 0 Å². The van der Waals surface area contributed by atoms with Crippen LogP contribution >= 0.6 is 0 Å². The number of aliphatic hydroxyl groups excluding tert-OH is 2. The van der Waals surface area contributed by atoms with Gasteiger partial charge in [-0.3, -0.25) is 9.59 Å². The smallest absolute Gasteiger partial charge is 0.306 e. The van der Waals surface area contributed by atoms with E-state index in [0.29, 0.717) is 16.7 Å². The lowest BCUT2D eigenvalue weighted by atomic mass is 10.0. The lowest BCUT2D eigenvalue weighted by Crippen LogP contribution is -2.08. The standard InChI is InChI=1S/C26H28O8/c1-3-34-26(32)13-8-20(22(29)10-5-17-4-9-21(28)19(14-17)16-27)23(30)11-6-18-7-12-24(31)25(15-18)33-2/h4-7,9-12,14-15,27-29,31H,3,8,13,16H2,1-2H3/b10-5+,11-6+,22-20?. The van der Waals surface area contributed by atoms with Gasteiger partial charge in [0.15, 0.2) is 17.3 Å². The number of benzene rings is 2. The number of phenolic OH excluding ortho intramolecular Hbond substituents is 1. The Morgan fingerprint density at radius 1 is 0.941 bits per heavy atom. The number of allylic oxidation sites excluding steroid dienone is 3. The maximum Gasteiger partial charge on any atom is 0.306 e. The molecular formula is C26H28O8. The number of hydrogen-bond donors (Lipinski definition) is 4. The molecule has 0 heterocycles. The predicted octanol–water partition coefficient (Wildman–Crippen LogP) is 4.05. The van der Waals surface area contributed by atoms with Crippen molar-refractivity contribution in [3.8, 4) is 17.2 Å². The molecule has 0 radical (unpaired) electrons. The zero-order valence-corrected chi connectivity index (χ0v) is 19.0. The number of aliphatic hydroxyl groups is 2. The summed E-state index contributed by atoms with van der Waals surface area (Å²) in [6, 6.07) is 9.09. The van der Waals surface area contributed by atoms with E-state index < -0.39 is 11.8 Å². The summed E-state index contributed by atoms with van der Waals surface area (Å²) in [6.07, 6.45) is 5.43. The van der Waals surface area contributed by atoms with Crippen molar-refractivity contribution in [3.05, 3.63) is 76.6 Å². The highest BCUT2D eigenvalue weighted by molar-refractivity contribution is 6.07. The van der Waals surface area contributed by atoms with Crippen LogP contribution in [-0.2, 0) is 20.9 Å². The van der Waals surface area contributed by atoms with Gasteiger partial charge in [0.25, 0.3) is 0 Å². The average Bonchev–Trinajstić information content (AvgIpc) is 2.83. The number of hydrogen-bond acceptors (Lipinski definition) is 8. The van der Waals surface area contributed by atoms with Crippen LogP contribution in [0.5, 0.6) is 17.2 Å². The maximum atomic E-state index is 12.9. The minimum atomic E-state index is -0.514. The molecule has 0 bridgehead atoms. The molecule has 4 N–H and O–H groups in total. The fourth-order valence-electron chi connectivity index (χ4n) is 3.02. The third-order valence-electron chi connectivity index (χ3n) is 4.83. The van der Waals surface area contributed by atoms with E-state index in [1.54, 1.807) is 25.1 Å². The summed E-state index contributed by atoms with van der Waals surface area (Å²) >= 11 is 0. The monoisotopic (exact) mass is 468 g/mol. The summed E-state index contributed by atoms with van der Waals surface area (Å²) in [5.41, 5.74) is 1.49. The number of ether oxygens (including phenoxy) is 2. The average molecular weight is 469 g/mol. The molecule has 8 nitrogen and oxygen atoms in total. The van der Waals surface area contributed by atoms with E-state index in [0.717, 1.165) is 0 Å². The van der Waals surface area contributed by atoms with Crippen molar-refractivity contribution in [1.29, 1.82) is 0 Å². The van der Waals surface area contributed by atoms with Gasteiger partial charge in [-0.25, -0.2) is 0 Å². The van der Waals surface area contributed by atoms with Crippen LogP contribution in [0.2, 0.25) is 0 Å². The van der Waals surface area contributed by atoms with Crippen LogP contribution in [0.1, 0.15) is 36.5 Å². The quantitative estimate of drug-likeness (QED) is 0.168. The summed E-state index contributed by atoms with van der Waals surface area (Å²) in [4.78, 5) is 24.7. The third-order valence-corrected chi connectivity index (χ3v) is 4.83. The lowest BCUT2D eigenvalue weighted by molar-refractivity contribution is -0.143. The van der Waals surface area contributed by atoms with Gasteiger partial charge in [0.2, 0.25) is 0 Å². The molecule has 0 aliphatic rings. The SMILES string of the molecule is CCOC(=O)CCC(C(=O)/C=C/c1ccc(O)c(OC)c1)=C(O)/C=C/c1ccc(O)c(CO)c1. The lowest BCUT2D eigenvalue weighted by Gasteiger charge is -2.07. The zero-order valence-electron chi connectivity index (χ0n) is 19.0. The van der Waals surface area contributed by atoms with Gasteiger partial charge in [-0.2, -0.15) is 0 Å². The van der Waals surface area contributed by atoms with Gasteiger partial charge in [-0.05, 0) is 60.9 Å². The molecule has 0 saturated heterocycles. The van der Waals surface area contributed by atoms with E-state index in [2.05, 4.69) is 0 Å². The Balaban J connectivity index is 2.32. The molecule has 2 aromatic carbocycles. The number of aromatic hydroxyl groups is 2. The number of carbonyl (C=O) groups is 2. The van der Waals surface area contributed by atoms with Crippen LogP contribution in [-0.4, -0.2) is 45.9 Å². The van der Waals surface area contributed by atoms with Crippen molar-refractivity contribution < 1.29 is 39.5 Å². The molecule has 0 aromatic heterocycles. The molecule has 0 aliphatic carbocycles. The van der Waals surface area contributed by atoms with E-state index in [-0.39, 0.29) is 54.6 Å². The molecule has 0 fully saturated rings. The van der Waals surface area contributed by atoms with Crippen LogP contribution in [0.25, 0.3) is 12.2 Å². The van der Waals surface area contributed by atoms with Crippen LogP contribution in [0, 0.1) is 0 Å². The first-order valence-corrected chi connectivity index (χ1v) is 10.6. The second-order valence-corrected chi connectivity index (χ2v) is 7.18. The highest BCUT2D eigenvalue weighted by Crippen LogP contribution is 2.27. The van der Waals surface area contributed by atoms with Gasteiger partial charge in [-0.15, -0.1) is 0 Å². The van der Waals surface area contributed by atoms with Gasteiger partial charge >= 0.3 is 5.97 Å². The summed E-state index contributed by atoms with van der Waals surface area (Å²) in [7, 11) is 1.41. The van der Waals surface area contributed by atoms with Crippen LogP contribution in [0.15, 0.2) is 59.9 Å². The topological polar surface area (TPSA) is 134 Å². The highest BCUT2D eigenvalue weighted by atomic mass is 16.5. The predicted molar refractivity (Wildman–Crippen MR) is 127 cm³/mol. The molecule has 8 heteroatoms. The molecule has 0 saturated carbocycles. The first-order chi connectivity index (χ1) is 16.3. The molecule has 180 valence electrons. The molecule has 0 spiro atoms. The Kier molecular flexibility index (Phi) is 9.91. The summed E-state index contributed by atoms with van der Waals surface area (Å²) in [6.45, 7) is 1.52.